The van der Waals surface area contributed by atoms with E-state index in [-0.39, 0.29) is 35.7 Å². The first-order chi connectivity index (χ1) is 8.50. The Hall–Kier alpha value is -1.12. The molecule has 0 N–H and O–H groups in total. The van der Waals surface area contributed by atoms with Gasteiger partial charge in [-0.05, 0) is 19.3 Å². The van der Waals surface area contributed by atoms with Gasteiger partial charge in [0.15, 0.2) is 0 Å². The molecule has 1 saturated carbocycles. The number of fused-ring (bicyclic) bond motifs is 3. The van der Waals surface area contributed by atoms with Crippen LogP contribution in [0.15, 0.2) is 11.6 Å². The van der Waals surface area contributed by atoms with Crippen LogP contribution < -0.4 is 0 Å². The molecule has 18 heavy (non-hydrogen) atoms. The summed E-state index contributed by atoms with van der Waals surface area (Å²) in [6.45, 7) is 6.08. The van der Waals surface area contributed by atoms with Crippen molar-refractivity contribution in [3.05, 3.63) is 11.6 Å². The molecule has 0 aromatic heterocycles. The maximum absolute atomic E-state index is 12.0. The van der Waals surface area contributed by atoms with Gasteiger partial charge in [0.25, 0.3) is 0 Å². The second-order valence-electron chi connectivity index (χ2n) is 6.18. The lowest BCUT2D eigenvalue weighted by molar-refractivity contribution is -0.147. The molecule has 1 saturated heterocycles. The number of rotatable bonds is 0. The molecule has 2 aliphatic carbocycles. The van der Waals surface area contributed by atoms with E-state index >= 15 is 0 Å². The molecule has 1 aliphatic heterocycles. The minimum absolute atomic E-state index is 0.0271. The minimum atomic E-state index is -0.0803. The summed E-state index contributed by atoms with van der Waals surface area (Å²) in [4.78, 5) is 23.8. The van der Waals surface area contributed by atoms with E-state index in [1.807, 2.05) is 13.8 Å². The van der Waals surface area contributed by atoms with Crippen LogP contribution in [0.5, 0.6) is 0 Å². The molecule has 0 aromatic rings. The zero-order chi connectivity index (χ0) is 13.0. The molecular weight excluding hydrogens is 228 g/mol. The molecule has 0 amide bonds. The minimum Gasteiger partial charge on any atom is -0.461 e. The van der Waals surface area contributed by atoms with Crippen LogP contribution in [0.25, 0.3) is 0 Å². The predicted octanol–water partition coefficient (Wildman–Crippen LogP) is 2.36. The Morgan fingerprint density at radius 2 is 1.94 bits per heavy atom. The first-order valence-electron chi connectivity index (χ1n) is 6.90. The molecule has 3 heteroatoms. The van der Waals surface area contributed by atoms with Crippen molar-refractivity contribution in [3.8, 4) is 0 Å². The number of allylic oxidation sites excluding steroid dienone is 2. The van der Waals surface area contributed by atoms with Gasteiger partial charge in [0.1, 0.15) is 11.9 Å². The first kappa shape index (κ1) is 11.9. The average molecular weight is 248 g/mol. The van der Waals surface area contributed by atoms with Crippen LogP contribution in [0.4, 0.5) is 0 Å². The van der Waals surface area contributed by atoms with Gasteiger partial charge in [0.2, 0.25) is 0 Å². The van der Waals surface area contributed by atoms with Crippen molar-refractivity contribution in [3.63, 3.8) is 0 Å². The lowest BCUT2D eigenvalue weighted by Gasteiger charge is -2.28. The Balaban J connectivity index is 2.01. The van der Waals surface area contributed by atoms with E-state index in [1.54, 1.807) is 0 Å². The highest BCUT2D eigenvalue weighted by Gasteiger charge is 2.54. The van der Waals surface area contributed by atoms with Crippen LogP contribution in [0.2, 0.25) is 0 Å². The number of Topliss-reactive ketones (excluding diaryl/α,β-unsaturated/α-hetero) is 1. The van der Waals surface area contributed by atoms with Crippen molar-refractivity contribution in [1.29, 1.82) is 0 Å². The zero-order valence-electron chi connectivity index (χ0n) is 11.2. The molecule has 2 fully saturated rings. The Kier molecular flexibility index (Phi) is 2.61. The van der Waals surface area contributed by atoms with Gasteiger partial charge in [0.05, 0.1) is 5.92 Å². The van der Waals surface area contributed by atoms with E-state index in [2.05, 4.69) is 13.0 Å². The van der Waals surface area contributed by atoms with Gasteiger partial charge in [-0.25, -0.2) is 0 Å². The summed E-state index contributed by atoms with van der Waals surface area (Å²) in [6.07, 6.45) is 3.72. The van der Waals surface area contributed by atoms with Crippen molar-refractivity contribution in [2.24, 2.45) is 29.6 Å². The van der Waals surface area contributed by atoms with Crippen molar-refractivity contribution >= 4 is 11.8 Å². The summed E-state index contributed by atoms with van der Waals surface area (Å²) in [5, 5.41) is 0. The summed E-state index contributed by atoms with van der Waals surface area (Å²) < 4.78 is 5.61. The average Bonchev–Trinajstić information content (AvgIpc) is 2.72. The highest BCUT2D eigenvalue weighted by atomic mass is 16.6. The molecule has 0 spiro atoms. The van der Waals surface area contributed by atoms with Gasteiger partial charge < -0.3 is 4.74 Å². The maximum atomic E-state index is 12.0. The smallest absolute Gasteiger partial charge is 0.309 e. The van der Waals surface area contributed by atoms with Crippen molar-refractivity contribution < 1.29 is 14.3 Å². The highest BCUT2D eigenvalue weighted by Crippen LogP contribution is 2.50. The molecule has 0 bridgehead atoms. The molecule has 0 aromatic carbocycles. The lowest BCUT2D eigenvalue weighted by Crippen LogP contribution is -2.33. The molecule has 0 unspecified atom stereocenters. The van der Waals surface area contributed by atoms with Crippen molar-refractivity contribution in [2.45, 2.75) is 39.7 Å². The Labute approximate surface area is 108 Å². The normalized spacial score (nSPS) is 47.2. The van der Waals surface area contributed by atoms with E-state index in [9.17, 15) is 9.59 Å². The number of carbonyl (C=O) groups is 2. The summed E-state index contributed by atoms with van der Waals surface area (Å²) >= 11 is 0. The number of hydrogen-bond acceptors (Lipinski definition) is 3. The molecule has 6 atom stereocenters. The van der Waals surface area contributed by atoms with Gasteiger partial charge in [0, 0.05) is 24.2 Å². The third-order valence-corrected chi connectivity index (χ3v) is 5.34. The summed E-state index contributed by atoms with van der Waals surface area (Å²) in [6, 6.07) is 0. The molecule has 1 heterocycles. The van der Waals surface area contributed by atoms with Crippen molar-refractivity contribution in [2.75, 3.05) is 0 Å². The van der Waals surface area contributed by atoms with Crippen LogP contribution in [-0.2, 0) is 14.3 Å². The van der Waals surface area contributed by atoms with E-state index in [4.69, 9.17) is 4.74 Å². The summed E-state index contributed by atoms with van der Waals surface area (Å²) in [7, 11) is 0. The maximum Gasteiger partial charge on any atom is 0.309 e. The largest absolute Gasteiger partial charge is 0.461 e. The second kappa shape index (κ2) is 3.94. The first-order valence-corrected chi connectivity index (χ1v) is 6.90. The number of ketones is 1. The molecule has 3 aliphatic rings. The predicted molar refractivity (Wildman–Crippen MR) is 66.7 cm³/mol. The quantitative estimate of drug-likeness (QED) is 0.488. The second-order valence-corrected chi connectivity index (χ2v) is 6.18. The van der Waals surface area contributed by atoms with E-state index in [0.717, 1.165) is 6.42 Å². The number of esters is 1. The number of hydrogen-bond donors (Lipinski definition) is 0. The third-order valence-electron chi connectivity index (χ3n) is 5.34. The summed E-state index contributed by atoms with van der Waals surface area (Å²) in [5.74, 6) is 1.01. The van der Waals surface area contributed by atoms with Crippen LogP contribution in [0, 0.1) is 29.6 Å². The zero-order valence-corrected chi connectivity index (χ0v) is 11.2. The fraction of sp³-hybridized carbons (Fsp3) is 0.733. The van der Waals surface area contributed by atoms with Crippen LogP contribution in [0.1, 0.15) is 33.6 Å². The van der Waals surface area contributed by atoms with Crippen molar-refractivity contribution in [1.82, 2.24) is 0 Å². The van der Waals surface area contributed by atoms with Gasteiger partial charge in [-0.2, -0.15) is 0 Å². The Morgan fingerprint density at radius 3 is 2.67 bits per heavy atom. The Morgan fingerprint density at radius 1 is 1.22 bits per heavy atom. The van der Waals surface area contributed by atoms with Gasteiger partial charge in [-0.1, -0.05) is 25.5 Å². The number of carbonyl (C=O) groups excluding carboxylic acids is 2. The van der Waals surface area contributed by atoms with Gasteiger partial charge in [-0.15, -0.1) is 0 Å². The monoisotopic (exact) mass is 248 g/mol. The fourth-order valence-corrected chi connectivity index (χ4v) is 4.04. The fourth-order valence-electron chi connectivity index (χ4n) is 4.04. The van der Waals surface area contributed by atoms with Crippen LogP contribution in [0.3, 0.4) is 0 Å². The molecular formula is C15H20O3. The molecule has 3 rings (SSSR count). The van der Waals surface area contributed by atoms with E-state index in [0.29, 0.717) is 18.1 Å². The molecule has 0 radical (unpaired) electrons. The van der Waals surface area contributed by atoms with Gasteiger partial charge >= 0.3 is 5.97 Å². The van der Waals surface area contributed by atoms with Crippen LogP contribution in [-0.4, -0.2) is 17.9 Å². The van der Waals surface area contributed by atoms with Gasteiger partial charge in [-0.3, -0.25) is 9.59 Å². The third kappa shape index (κ3) is 1.49. The van der Waals surface area contributed by atoms with Crippen LogP contribution >= 0.6 is 0 Å². The Bertz CT molecular complexity index is 437. The highest BCUT2D eigenvalue weighted by molar-refractivity contribution is 5.84. The van der Waals surface area contributed by atoms with E-state index in [1.165, 1.54) is 5.57 Å². The molecule has 3 nitrogen and oxygen atoms in total. The topological polar surface area (TPSA) is 43.4 Å². The standard InChI is InChI=1S/C15H20O3/c1-7-4-5-10-8(2)15(17)18-14(10)13-9(3)12(16)6-11(7)13/h4,8-11,13-14H,5-6H2,1-3H3/t8-,9+,10-,11-,13-,14-/m0/s1. The summed E-state index contributed by atoms with van der Waals surface area (Å²) in [5.41, 5.74) is 1.32. The van der Waals surface area contributed by atoms with E-state index < -0.39 is 0 Å². The SMILES string of the molecule is CC1=CC[C@@H]2[C@H](OC(=O)[C@H]2C)[C@H]2[C@H](C)C(=O)C[C@@H]12. The molecule has 98 valence electrons. The number of ether oxygens (including phenoxy) is 1. The lowest BCUT2D eigenvalue weighted by atomic mass is 9.77.